The minimum absolute atomic E-state index is 0.244. The lowest BCUT2D eigenvalue weighted by atomic mass is 9.96. The van der Waals surface area contributed by atoms with E-state index in [0.717, 1.165) is 23.2 Å². The van der Waals surface area contributed by atoms with Crippen molar-refractivity contribution in [1.29, 1.82) is 0 Å². The van der Waals surface area contributed by atoms with E-state index in [1.807, 2.05) is 24.3 Å². The Kier molecular flexibility index (Phi) is 6.09. The molecule has 2 aliphatic rings. The molecule has 0 heterocycles. The molecule has 25 heavy (non-hydrogen) atoms. The second kappa shape index (κ2) is 8.49. The number of carbonyl (C=O) groups is 1. The fourth-order valence-corrected chi connectivity index (χ4v) is 4.11. The van der Waals surface area contributed by atoms with Gasteiger partial charge in [0.05, 0.1) is 6.61 Å². The highest BCUT2D eigenvalue weighted by Crippen LogP contribution is 2.44. The summed E-state index contributed by atoms with van der Waals surface area (Å²) in [6, 6.07) is 7.78. The molecule has 0 aromatic heterocycles. The van der Waals surface area contributed by atoms with Gasteiger partial charge in [-0.05, 0) is 67.6 Å². The molecular weight excluding hydrogens is 336 g/mol. The molecule has 3 atom stereocenters. The number of amides is 2. The van der Waals surface area contributed by atoms with E-state index in [1.165, 1.54) is 25.7 Å². The number of fused-ring (bicyclic) bond motifs is 2. The van der Waals surface area contributed by atoms with Gasteiger partial charge in [-0.2, -0.15) is 0 Å². The van der Waals surface area contributed by atoms with E-state index in [-0.39, 0.29) is 6.03 Å². The zero-order chi connectivity index (χ0) is 17.6. The molecule has 0 radical (unpaired) electrons. The summed E-state index contributed by atoms with van der Waals surface area (Å²) >= 11 is 5.44. The maximum absolute atomic E-state index is 11.7. The Morgan fingerprint density at radius 2 is 1.88 bits per heavy atom. The van der Waals surface area contributed by atoms with Gasteiger partial charge in [0.2, 0.25) is 0 Å². The molecule has 7 heteroatoms. The number of thiocarbonyl (C=S) groups is 1. The largest absolute Gasteiger partial charge is 0.383 e. The molecule has 136 valence electrons. The lowest BCUT2D eigenvalue weighted by molar-refractivity contribution is 0.198. The van der Waals surface area contributed by atoms with Gasteiger partial charge < -0.3 is 26.0 Å². The number of hydrogen-bond donors (Lipinski definition) is 4. The fourth-order valence-electron chi connectivity index (χ4n) is 3.84. The van der Waals surface area contributed by atoms with Crippen LogP contribution in [0, 0.1) is 11.8 Å². The van der Waals surface area contributed by atoms with E-state index in [9.17, 15) is 4.79 Å². The summed E-state index contributed by atoms with van der Waals surface area (Å²) in [5, 5.41) is 12.9. The van der Waals surface area contributed by atoms with Crippen molar-refractivity contribution < 1.29 is 9.53 Å². The molecule has 2 saturated carbocycles. The zero-order valence-corrected chi connectivity index (χ0v) is 15.3. The molecule has 0 unspecified atom stereocenters. The van der Waals surface area contributed by atoms with Crippen LogP contribution in [0.5, 0.6) is 0 Å². The summed E-state index contributed by atoms with van der Waals surface area (Å²) in [5.74, 6) is 1.68. The Bertz CT molecular complexity index is 608. The normalized spacial score (nSPS) is 24.0. The summed E-state index contributed by atoms with van der Waals surface area (Å²) in [6.07, 6.45) is 5.31. The third kappa shape index (κ3) is 5.06. The quantitative estimate of drug-likeness (QED) is 0.462. The highest BCUT2D eigenvalue weighted by atomic mass is 32.1. The Balaban J connectivity index is 1.42. The van der Waals surface area contributed by atoms with Crippen LogP contribution >= 0.6 is 12.2 Å². The van der Waals surface area contributed by atoms with E-state index in [0.29, 0.717) is 24.3 Å². The van der Waals surface area contributed by atoms with Gasteiger partial charge in [-0.1, -0.05) is 6.42 Å². The summed E-state index contributed by atoms with van der Waals surface area (Å²) in [5.41, 5.74) is 1.64. The monoisotopic (exact) mass is 362 g/mol. The van der Waals surface area contributed by atoms with E-state index in [4.69, 9.17) is 17.0 Å². The van der Waals surface area contributed by atoms with Gasteiger partial charge in [-0.15, -0.1) is 0 Å². The standard InChI is InChI=1S/C18H26N4O2S/c1-24-9-8-19-17(23)20-14-4-6-15(7-5-14)21-18(25)22-16-11-12-2-3-13(16)10-12/h4-7,12-13,16H,2-3,8-11H2,1H3,(H2,19,20,23)(H2,21,22,25)/t12-,13-,16+/m0/s1. The molecule has 2 bridgehead atoms. The number of urea groups is 1. The maximum atomic E-state index is 11.7. The predicted molar refractivity (Wildman–Crippen MR) is 104 cm³/mol. The van der Waals surface area contributed by atoms with Crippen LogP contribution < -0.4 is 21.3 Å². The van der Waals surface area contributed by atoms with Gasteiger partial charge in [-0.3, -0.25) is 0 Å². The molecule has 4 N–H and O–H groups in total. The van der Waals surface area contributed by atoms with E-state index < -0.39 is 0 Å². The lowest BCUT2D eigenvalue weighted by Gasteiger charge is -2.24. The minimum atomic E-state index is -0.244. The molecule has 1 aromatic rings. The number of benzene rings is 1. The van der Waals surface area contributed by atoms with Crippen molar-refractivity contribution in [2.24, 2.45) is 11.8 Å². The van der Waals surface area contributed by atoms with Crippen LogP contribution in [0.25, 0.3) is 0 Å². The first-order valence-electron chi connectivity index (χ1n) is 8.85. The average Bonchev–Trinajstić information content (AvgIpc) is 3.20. The fraction of sp³-hybridized carbons (Fsp3) is 0.556. The van der Waals surface area contributed by atoms with Crippen molar-refractivity contribution >= 4 is 34.7 Å². The Hall–Kier alpha value is -1.86. The molecule has 0 saturated heterocycles. The van der Waals surface area contributed by atoms with Crippen LogP contribution in [-0.4, -0.2) is 37.4 Å². The second-order valence-corrected chi connectivity index (χ2v) is 7.24. The number of ether oxygens (including phenoxy) is 1. The third-order valence-corrected chi connectivity index (χ3v) is 5.27. The van der Waals surface area contributed by atoms with E-state index >= 15 is 0 Å². The van der Waals surface area contributed by atoms with Crippen LogP contribution in [0.4, 0.5) is 16.2 Å². The summed E-state index contributed by atoms with van der Waals surface area (Å²) in [7, 11) is 1.60. The third-order valence-electron chi connectivity index (χ3n) is 5.05. The first-order chi connectivity index (χ1) is 12.1. The summed E-state index contributed by atoms with van der Waals surface area (Å²) in [6.45, 7) is 0.967. The van der Waals surface area contributed by atoms with Gasteiger partial charge in [0.15, 0.2) is 5.11 Å². The number of anilines is 2. The molecule has 3 rings (SSSR count). The zero-order valence-electron chi connectivity index (χ0n) is 14.5. The van der Waals surface area contributed by atoms with Crippen LogP contribution in [0.1, 0.15) is 25.7 Å². The van der Waals surface area contributed by atoms with Gasteiger partial charge in [-0.25, -0.2) is 4.79 Å². The minimum Gasteiger partial charge on any atom is -0.383 e. The van der Waals surface area contributed by atoms with Gasteiger partial charge in [0.25, 0.3) is 0 Å². The number of methoxy groups -OCH3 is 1. The molecule has 6 nitrogen and oxygen atoms in total. The summed E-state index contributed by atoms with van der Waals surface area (Å²) < 4.78 is 4.89. The average molecular weight is 362 g/mol. The molecular formula is C18H26N4O2S. The van der Waals surface area contributed by atoms with Crippen molar-refractivity contribution in [3.63, 3.8) is 0 Å². The predicted octanol–water partition coefficient (Wildman–Crippen LogP) is 2.93. The molecule has 2 amide bonds. The van der Waals surface area contributed by atoms with Crippen molar-refractivity contribution in [3.05, 3.63) is 24.3 Å². The highest BCUT2D eigenvalue weighted by molar-refractivity contribution is 7.80. The summed E-state index contributed by atoms with van der Waals surface area (Å²) in [4.78, 5) is 11.7. The first-order valence-corrected chi connectivity index (χ1v) is 9.26. The first kappa shape index (κ1) is 17.9. The van der Waals surface area contributed by atoms with Gasteiger partial charge in [0.1, 0.15) is 0 Å². The van der Waals surface area contributed by atoms with Crippen molar-refractivity contribution in [2.45, 2.75) is 31.7 Å². The number of hydrogen-bond acceptors (Lipinski definition) is 3. The van der Waals surface area contributed by atoms with Crippen LogP contribution in [-0.2, 0) is 4.74 Å². The van der Waals surface area contributed by atoms with Gasteiger partial charge >= 0.3 is 6.03 Å². The van der Waals surface area contributed by atoms with Crippen LogP contribution in [0.2, 0.25) is 0 Å². The molecule has 1 aromatic carbocycles. The Labute approximate surface area is 154 Å². The Morgan fingerprint density at radius 1 is 1.16 bits per heavy atom. The molecule has 0 spiro atoms. The molecule has 2 aliphatic carbocycles. The van der Waals surface area contributed by atoms with Gasteiger partial charge in [0, 0.05) is 31.1 Å². The van der Waals surface area contributed by atoms with Crippen molar-refractivity contribution in [2.75, 3.05) is 30.9 Å². The second-order valence-electron chi connectivity index (χ2n) is 6.83. The molecule has 2 fully saturated rings. The smallest absolute Gasteiger partial charge is 0.319 e. The number of carbonyl (C=O) groups excluding carboxylic acids is 1. The van der Waals surface area contributed by atoms with Crippen molar-refractivity contribution in [3.8, 4) is 0 Å². The maximum Gasteiger partial charge on any atom is 0.319 e. The van der Waals surface area contributed by atoms with Crippen LogP contribution in [0.3, 0.4) is 0 Å². The molecule has 0 aliphatic heterocycles. The SMILES string of the molecule is COCCNC(=O)Nc1ccc(NC(=S)N[C@@H]2C[C@H]3CC[C@H]2C3)cc1. The number of rotatable bonds is 6. The Morgan fingerprint density at radius 3 is 2.48 bits per heavy atom. The van der Waals surface area contributed by atoms with E-state index in [2.05, 4.69) is 21.3 Å². The van der Waals surface area contributed by atoms with E-state index in [1.54, 1.807) is 7.11 Å². The topological polar surface area (TPSA) is 74.4 Å². The highest BCUT2D eigenvalue weighted by Gasteiger charge is 2.39. The number of nitrogens with one attached hydrogen (secondary N) is 4. The van der Waals surface area contributed by atoms with Crippen molar-refractivity contribution in [1.82, 2.24) is 10.6 Å². The lowest BCUT2D eigenvalue weighted by Crippen LogP contribution is -2.40. The van der Waals surface area contributed by atoms with Crippen LogP contribution in [0.15, 0.2) is 24.3 Å².